The number of hydrogen-bond acceptors (Lipinski definition) is 2. The molecule has 0 spiro atoms. The standard InChI is InChI=1S/C10H11F3N2/c11-10(12,13)8-5-15(6-8)7-9-3-1-2-4-14-9/h1-4,8H,5-7H2. The van der Waals surface area contributed by atoms with Crippen LogP contribution in [0.1, 0.15) is 5.69 Å². The number of hydrogen-bond donors (Lipinski definition) is 0. The minimum absolute atomic E-state index is 0.0973. The zero-order valence-electron chi connectivity index (χ0n) is 8.04. The predicted molar refractivity (Wildman–Crippen MR) is 49.1 cm³/mol. The van der Waals surface area contributed by atoms with Crippen LogP contribution in [-0.2, 0) is 6.54 Å². The molecule has 0 saturated carbocycles. The minimum atomic E-state index is -4.04. The van der Waals surface area contributed by atoms with Crippen molar-refractivity contribution in [2.75, 3.05) is 13.1 Å². The molecule has 5 heteroatoms. The lowest BCUT2D eigenvalue weighted by molar-refractivity contribution is -0.210. The van der Waals surface area contributed by atoms with E-state index in [0.717, 1.165) is 5.69 Å². The summed E-state index contributed by atoms with van der Waals surface area (Å²) in [7, 11) is 0. The molecule has 1 saturated heterocycles. The van der Waals surface area contributed by atoms with Gasteiger partial charge in [0.1, 0.15) is 0 Å². The van der Waals surface area contributed by atoms with E-state index in [-0.39, 0.29) is 13.1 Å². The van der Waals surface area contributed by atoms with E-state index < -0.39 is 12.1 Å². The first kappa shape index (κ1) is 10.4. The highest BCUT2D eigenvalue weighted by molar-refractivity contribution is 5.04. The van der Waals surface area contributed by atoms with E-state index in [1.165, 1.54) is 0 Å². The Morgan fingerprint density at radius 2 is 2.07 bits per heavy atom. The highest BCUT2D eigenvalue weighted by Gasteiger charge is 2.46. The second-order valence-electron chi connectivity index (χ2n) is 3.75. The van der Waals surface area contributed by atoms with Gasteiger partial charge in [-0.2, -0.15) is 13.2 Å². The van der Waals surface area contributed by atoms with Crippen LogP contribution in [0.25, 0.3) is 0 Å². The molecule has 2 rings (SSSR count). The Kier molecular flexibility index (Phi) is 2.65. The first-order valence-electron chi connectivity index (χ1n) is 4.74. The van der Waals surface area contributed by atoms with Crippen LogP contribution in [0.2, 0.25) is 0 Å². The molecule has 1 aliphatic rings. The average molecular weight is 216 g/mol. The monoisotopic (exact) mass is 216 g/mol. The third kappa shape index (κ3) is 2.47. The van der Waals surface area contributed by atoms with Gasteiger partial charge in [-0.25, -0.2) is 0 Å². The minimum Gasteiger partial charge on any atom is -0.296 e. The highest BCUT2D eigenvalue weighted by atomic mass is 19.4. The van der Waals surface area contributed by atoms with Crippen LogP contribution in [-0.4, -0.2) is 29.1 Å². The van der Waals surface area contributed by atoms with E-state index in [1.807, 2.05) is 12.1 Å². The lowest BCUT2D eigenvalue weighted by atomic mass is 9.99. The molecule has 0 atom stereocenters. The van der Waals surface area contributed by atoms with Crippen LogP contribution in [0.4, 0.5) is 13.2 Å². The van der Waals surface area contributed by atoms with Crippen LogP contribution in [0, 0.1) is 5.92 Å². The number of alkyl halides is 3. The van der Waals surface area contributed by atoms with E-state index >= 15 is 0 Å². The average Bonchev–Trinajstić information content (AvgIpc) is 2.10. The summed E-state index contributed by atoms with van der Waals surface area (Å²) in [6, 6.07) is 5.45. The lowest BCUT2D eigenvalue weighted by Gasteiger charge is -2.39. The number of pyridine rings is 1. The van der Waals surface area contributed by atoms with Crippen LogP contribution in [0.3, 0.4) is 0 Å². The van der Waals surface area contributed by atoms with Crippen molar-refractivity contribution in [3.8, 4) is 0 Å². The van der Waals surface area contributed by atoms with E-state index in [0.29, 0.717) is 6.54 Å². The third-order valence-electron chi connectivity index (χ3n) is 2.53. The Labute approximate surface area is 85.7 Å². The largest absolute Gasteiger partial charge is 0.394 e. The number of aromatic nitrogens is 1. The summed E-state index contributed by atoms with van der Waals surface area (Å²) in [5.74, 6) is -1.15. The van der Waals surface area contributed by atoms with Crippen molar-refractivity contribution in [3.63, 3.8) is 0 Å². The van der Waals surface area contributed by atoms with Gasteiger partial charge in [0, 0.05) is 25.8 Å². The van der Waals surface area contributed by atoms with E-state index in [2.05, 4.69) is 4.98 Å². The van der Waals surface area contributed by atoms with Gasteiger partial charge in [0.25, 0.3) is 0 Å². The maximum Gasteiger partial charge on any atom is 0.394 e. The second kappa shape index (κ2) is 3.81. The van der Waals surface area contributed by atoms with Crippen LogP contribution in [0.15, 0.2) is 24.4 Å². The molecule has 0 amide bonds. The number of halogens is 3. The zero-order chi connectivity index (χ0) is 10.9. The Balaban J connectivity index is 1.82. The smallest absolute Gasteiger partial charge is 0.296 e. The summed E-state index contributed by atoms with van der Waals surface area (Å²) in [5, 5.41) is 0. The molecule has 0 aliphatic carbocycles. The van der Waals surface area contributed by atoms with Gasteiger partial charge in [-0.05, 0) is 12.1 Å². The van der Waals surface area contributed by atoms with Gasteiger partial charge in [-0.3, -0.25) is 9.88 Å². The van der Waals surface area contributed by atoms with E-state index in [4.69, 9.17) is 0 Å². The highest BCUT2D eigenvalue weighted by Crippen LogP contribution is 2.33. The van der Waals surface area contributed by atoms with Gasteiger partial charge in [0.2, 0.25) is 0 Å². The van der Waals surface area contributed by atoms with Gasteiger partial charge in [0.15, 0.2) is 0 Å². The number of nitrogens with zero attached hydrogens (tertiary/aromatic N) is 2. The maximum atomic E-state index is 12.2. The van der Waals surface area contributed by atoms with Gasteiger partial charge in [-0.15, -0.1) is 0 Å². The SMILES string of the molecule is FC(F)(F)C1CN(Cc2ccccn2)C1. The first-order valence-corrected chi connectivity index (χ1v) is 4.74. The van der Waals surface area contributed by atoms with Crippen LogP contribution in [0.5, 0.6) is 0 Å². The van der Waals surface area contributed by atoms with Gasteiger partial charge < -0.3 is 0 Å². The summed E-state index contributed by atoms with van der Waals surface area (Å²) in [6.45, 7) is 0.702. The Bertz CT molecular complexity index is 317. The molecule has 0 N–H and O–H groups in total. The Morgan fingerprint density at radius 1 is 1.33 bits per heavy atom. The Hall–Kier alpha value is -1.10. The molecule has 1 fully saturated rings. The van der Waals surface area contributed by atoms with Crippen molar-refractivity contribution in [2.24, 2.45) is 5.92 Å². The molecule has 15 heavy (non-hydrogen) atoms. The molecule has 1 aromatic rings. The molecule has 1 aliphatic heterocycles. The fraction of sp³-hybridized carbons (Fsp3) is 0.500. The van der Waals surface area contributed by atoms with Crippen LogP contribution >= 0.6 is 0 Å². The van der Waals surface area contributed by atoms with Gasteiger partial charge in [0.05, 0.1) is 11.6 Å². The Morgan fingerprint density at radius 3 is 2.60 bits per heavy atom. The fourth-order valence-corrected chi connectivity index (χ4v) is 1.63. The molecule has 0 radical (unpaired) electrons. The molecule has 0 aromatic carbocycles. The maximum absolute atomic E-state index is 12.2. The van der Waals surface area contributed by atoms with Crippen LogP contribution < -0.4 is 0 Å². The summed E-state index contributed by atoms with van der Waals surface area (Å²) >= 11 is 0. The quantitative estimate of drug-likeness (QED) is 0.752. The number of likely N-dealkylation sites (tertiary alicyclic amines) is 1. The predicted octanol–water partition coefficient (Wildman–Crippen LogP) is 2.08. The van der Waals surface area contributed by atoms with Crippen molar-refractivity contribution in [1.29, 1.82) is 0 Å². The molecule has 2 nitrogen and oxygen atoms in total. The van der Waals surface area contributed by atoms with Crippen molar-refractivity contribution < 1.29 is 13.2 Å². The molecule has 0 unspecified atom stereocenters. The normalized spacial score (nSPS) is 18.9. The zero-order valence-corrected chi connectivity index (χ0v) is 8.04. The first-order chi connectivity index (χ1) is 7.05. The second-order valence-corrected chi connectivity index (χ2v) is 3.75. The molecular formula is C10H11F3N2. The molecule has 82 valence electrons. The summed E-state index contributed by atoms with van der Waals surface area (Å²) in [5.41, 5.74) is 0.818. The van der Waals surface area contributed by atoms with E-state index in [1.54, 1.807) is 17.2 Å². The van der Waals surface area contributed by atoms with Gasteiger partial charge in [-0.1, -0.05) is 6.07 Å². The molecule has 0 bridgehead atoms. The fourth-order valence-electron chi connectivity index (χ4n) is 1.63. The summed E-state index contributed by atoms with van der Waals surface area (Å²) in [6.07, 6.45) is -2.39. The summed E-state index contributed by atoms with van der Waals surface area (Å²) < 4.78 is 36.5. The topological polar surface area (TPSA) is 16.1 Å². The molecule has 2 heterocycles. The lowest BCUT2D eigenvalue weighted by Crippen LogP contribution is -2.52. The third-order valence-corrected chi connectivity index (χ3v) is 2.53. The number of rotatable bonds is 2. The van der Waals surface area contributed by atoms with E-state index in [9.17, 15) is 13.2 Å². The molecular weight excluding hydrogens is 205 g/mol. The van der Waals surface area contributed by atoms with Crippen molar-refractivity contribution in [2.45, 2.75) is 12.7 Å². The van der Waals surface area contributed by atoms with Crippen molar-refractivity contribution in [1.82, 2.24) is 9.88 Å². The summed E-state index contributed by atoms with van der Waals surface area (Å²) in [4.78, 5) is 5.82. The van der Waals surface area contributed by atoms with Gasteiger partial charge >= 0.3 is 6.18 Å². The van der Waals surface area contributed by atoms with Crippen molar-refractivity contribution >= 4 is 0 Å². The van der Waals surface area contributed by atoms with Crippen molar-refractivity contribution in [3.05, 3.63) is 30.1 Å². The molecule has 1 aromatic heterocycles.